The van der Waals surface area contributed by atoms with Crippen LogP contribution in [0, 0.1) is 0 Å². The summed E-state index contributed by atoms with van der Waals surface area (Å²) in [7, 11) is 0. The van der Waals surface area contributed by atoms with E-state index < -0.39 is 5.54 Å². The molecule has 5 nitrogen and oxygen atoms in total. The van der Waals surface area contributed by atoms with Crippen LogP contribution < -0.4 is 5.32 Å². The normalized spacial score (nSPS) is 29.6. The first kappa shape index (κ1) is 13.8. The molecule has 1 amide bonds. The zero-order chi connectivity index (χ0) is 13.2. The molecule has 0 aliphatic carbocycles. The van der Waals surface area contributed by atoms with Crippen LogP contribution in [0.4, 0.5) is 0 Å². The van der Waals surface area contributed by atoms with Gasteiger partial charge in [-0.15, -0.1) is 0 Å². The molecule has 2 rings (SSSR count). The standard InChI is InChI=1S/C13H25N3O2/c1-11-10-14-13(2,3)12(17)16(11)5-4-15-6-8-18-9-7-15/h11,14H,4-10H2,1-3H3. The number of nitrogens with one attached hydrogen (secondary N) is 1. The van der Waals surface area contributed by atoms with Crippen molar-refractivity contribution in [2.24, 2.45) is 0 Å². The highest BCUT2D eigenvalue weighted by Crippen LogP contribution is 2.16. The number of hydrogen-bond acceptors (Lipinski definition) is 4. The molecule has 2 aliphatic rings. The Kier molecular flexibility index (Phi) is 4.25. The number of carbonyl (C=O) groups is 1. The van der Waals surface area contributed by atoms with E-state index in [1.54, 1.807) is 0 Å². The highest BCUT2D eigenvalue weighted by Gasteiger charge is 2.38. The van der Waals surface area contributed by atoms with Gasteiger partial charge in [0.1, 0.15) is 0 Å². The maximum absolute atomic E-state index is 12.4. The quantitative estimate of drug-likeness (QED) is 0.766. The van der Waals surface area contributed by atoms with Gasteiger partial charge in [0.05, 0.1) is 18.8 Å². The molecule has 1 N–H and O–H groups in total. The van der Waals surface area contributed by atoms with Gasteiger partial charge < -0.3 is 15.0 Å². The minimum atomic E-state index is -0.419. The molecular weight excluding hydrogens is 230 g/mol. The van der Waals surface area contributed by atoms with Gasteiger partial charge in [0, 0.05) is 38.8 Å². The maximum atomic E-state index is 12.4. The molecule has 0 aromatic rings. The third kappa shape index (κ3) is 3.02. The van der Waals surface area contributed by atoms with Crippen molar-refractivity contribution in [2.45, 2.75) is 32.4 Å². The largest absolute Gasteiger partial charge is 0.379 e. The topological polar surface area (TPSA) is 44.8 Å². The van der Waals surface area contributed by atoms with Gasteiger partial charge in [0.15, 0.2) is 0 Å². The molecule has 0 aromatic carbocycles. The van der Waals surface area contributed by atoms with Crippen LogP contribution in [0.25, 0.3) is 0 Å². The number of piperazine rings is 1. The number of carbonyl (C=O) groups excluding carboxylic acids is 1. The van der Waals surface area contributed by atoms with E-state index in [1.807, 2.05) is 18.7 Å². The minimum Gasteiger partial charge on any atom is -0.379 e. The molecular formula is C13H25N3O2. The molecule has 18 heavy (non-hydrogen) atoms. The second kappa shape index (κ2) is 5.55. The summed E-state index contributed by atoms with van der Waals surface area (Å²) in [6.45, 7) is 12.3. The van der Waals surface area contributed by atoms with Crippen molar-refractivity contribution in [3.05, 3.63) is 0 Å². The van der Waals surface area contributed by atoms with Crippen molar-refractivity contribution in [1.29, 1.82) is 0 Å². The SMILES string of the molecule is CC1CNC(C)(C)C(=O)N1CCN1CCOCC1. The fraction of sp³-hybridized carbons (Fsp3) is 0.923. The Hall–Kier alpha value is -0.650. The number of nitrogens with zero attached hydrogens (tertiary/aromatic N) is 2. The Morgan fingerprint density at radius 2 is 2.00 bits per heavy atom. The van der Waals surface area contributed by atoms with Crippen molar-refractivity contribution in [1.82, 2.24) is 15.1 Å². The second-order valence-corrected chi connectivity index (χ2v) is 5.81. The Morgan fingerprint density at radius 1 is 1.33 bits per heavy atom. The number of hydrogen-bond donors (Lipinski definition) is 1. The van der Waals surface area contributed by atoms with Crippen LogP contribution >= 0.6 is 0 Å². The molecule has 104 valence electrons. The lowest BCUT2D eigenvalue weighted by molar-refractivity contribution is -0.143. The first-order valence-corrected chi connectivity index (χ1v) is 6.87. The van der Waals surface area contributed by atoms with Crippen LogP contribution in [-0.2, 0) is 9.53 Å². The number of rotatable bonds is 3. The lowest BCUT2D eigenvalue weighted by atomic mass is 9.98. The average molecular weight is 255 g/mol. The van der Waals surface area contributed by atoms with E-state index in [1.165, 1.54) is 0 Å². The summed E-state index contributed by atoms with van der Waals surface area (Å²) >= 11 is 0. The second-order valence-electron chi connectivity index (χ2n) is 5.81. The number of ether oxygens (including phenoxy) is 1. The van der Waals surface area contributed by atoms with Crippen molar-refractivity contribution in [3.63, 3.8) is 0 Å². The van der Waals surface area contributed by atoms with Crippen LogP contribution in [0.1, 0.15) is 20.8 Å². The van der Waals surface area contributed by atoms with E-state index in [2.05, 4.69) is 17.1 Å². The Balaban J connectivity index is 1.88. The van der Waals surface area contributed by atoms with Crippen LogP contribution in [0.5, 0.6) is 0 Å². The van der Waals surface area contributed by atoms with Crippen LogP contribution in [0.3, 0.4) is 0 Å². The van der Waals surface area contributed by atoms with Gasteiger partial charge in [0.25, 0.3) is 0 Å². The predicted octanol–water partition coefficient (Wildman–Crippen LogP) is -0.0825. The van der Waals surface area contributed by atoms with E-state index in [-0.39, 0.29) is 11.9 Å². The third-order valence-corrected chi connectivity index (χ3v) is 3.93. The van der Waals surface area contributed by atoms with Gasteiger partial charge in [-0.1, -0.05) is 0 Å². The van der Waals surface area contributed by atoms with Crippen LogP contribution in [0.15, 0.2) is 0 Å². The van der Waals surface area contributed by atoms with E-state index in [0.29, 0.717) is 0 Å². The van der Waals surface area contributed by atoms with Gasteiger partial charge in [-0.05, 0) is 20.8 Å². The third-order valence-electron chi connectivity index (χ3n) is 3.93. The minimum absolute atomic E-state index is 0.217. The molecule has 5 heteroatoms. The zero-order valence-electron chi connectivity index (χ0n) is 11.7. The average Bonchev–Trinajstić information content (AvgIpc) is 2.36. The summed E-state index contributed by atoms with van der Waals surface area (Å²) in [5.74, 6) is 0.217. The molecule has 2 aliphatic heterocycles. The van der Waals surface area contributed by atoms with Crippen molar-refractivity contribution in [3.8, 4) is 0 Å². The lowest BCUT2D eigenvalue weighted by Crippen LogP contribution is -2.65. The summed E-state index contributed by atoms with van der Waals surface area (Å²) < 4.78 is 5.33. The molecule has 1 unspecified atom stereocenters. The molecule has 2 saturated heterocycles. The smallest absolute Gasteiger partial charge is 0.242 e. The highest BCUT2D eigenvalue weighted by atomic mass is 16.5. The van der Waals surface area contributed by atoms with Crippen molar-refractivity contribution in [2.75, 3.05) is 45.9 Å². The number of morpholine rings is 1. The van der Waals surface area contributed by atoms with Gasteiger partial charge in [0.2, 0.25) is 5.91 Å². The lowest BCUT2D eigenvalue weighted by Gasteiger charge is -2.43. The molecule has 2 heterocycles. The molecule has 1 atom stereocenters. The fourth-order valence-corrected chi connectivity index (χ4v) is 2.54. The van der Waals surface area contributed by atoms with E-state index >= 15 is 0 Å². The van der Waals surface area contributed by atoms with E-state index in [9.17, 15) is 4.79 Å². The van der Waals surface area contributed by atoms with Crippen LogP contribution in [-0.4, -0.2) is 73.2 Å². The Morgan fingerprint density at radius 3 is 2.67 bits per heavy atom. The van der Waals surface area contributed by atoms with Gasteiger partial charge in [-0.25, -0.2) is 0 Å². The highest BCUT2D eigenvalue weighted by molar-refractivity contribution is 5.86. The molecule has 0 radical (unpaired) electrons. The maximum Gasteiger partial charge on any atom is 0.242 e. The zero-order valence-corrected chi connectivity index (χ0v) is 11.7. The molecule has 2 fully saturated rings. The predicted molar refractivity (Wildman–Crippen MR) is 70.5 cm³/mol. The summed E-state index contributed by atoms with van der Waals surface area (Å²) in [4.78, 5) is 16.7. The fourth-order valence-electron chi connectivity index (χ4n) is 2.54. The molecule has 0 saturated carbocycles. The summed E-state index contributed by atoms with van der Waals surface area (Å²) in [6.07, 6.45) is 0. The van der Waals surface area contributed by atoms with E-state index in [4.69, 9.17) is 4.74 Å². The van der Waals surface area contributed by atoms with Gasteiger partial charge >= 0.3 is 0 Å². The van der Waals surface area contributed by atoms with Crippen LogP contribution in [0.2, 0.25) is 0 Å². The van der Waals surface area contributed by atoms with Crippen molar-refractivity contribution >= 4 is 5.91 Å². The van der Waals surface area contributed by atoms with E-state index in [0.717, 1.165) is 45.9 Å². The summed E-state index contributed by atoms with van der Waals surface area (Å²) in [5, 5.41) is 3.30. The number of amides is 1. The summed E-state index contributed by atoms with van der Waals surface area (Å²) in [5.41, 5.74) is -0.419. The molecule has 0 aromatic heterocycles. The monoisotopic (exact) mass is 255 g/mol. The van der Waals surface area contributed by atoms with Crippen molar-refractivity contribution < 1.29 is 9.53 Å². The first-order chi connectivity index (χ1) is 8.50. The van der Waals surface area contributed by atoms with Gasteiger partial charge in [-0.2, -0.15) is 0 Å². The van der Waals surface area contributed by atoms with Gasteiger partial charge in [-0.3, -0.25) is 9.69 Å². The molecule has 0 spiro atoms. The Bertz CT molecular complexity index is 301. The molecule has 0 bridgehead atoms. The summed E-state index contributed by atoms with van der Waals surface area (Å²) in [6, 6.07) is 0.284. The Labute approximate surface area is 109 Å². The first-order valence-electron chi connectivity index (χ1n) is 6.87.